The molecule has 114 valence electrons. The summed E-state index contributed by atoms with van der Waals surface area (Å²) in [6.45, 7) is 1.96. The molecule has 1 heterocycles. The van der Waals surface area contributed by atoms with E-state index in [0.717, 1.165) is 16.5 Å². The van der Waals surface area contributed by atoms with E-state index >= 15 is 0 Å². The van der Waals surface area contributed by atoms with Gasteiger partial charge in [0.2, 0.25) is 0 Å². The predicted octanol–water partition coefficient (Wildman–Crippen LogP) is 3.78. The minimum atomic E-state index is -4.13. The Morgan fingerprint density at radius 2 is 2.00 bits per heavy atom. The Hall–Kier alpha value is -1.66. The summed E-state index contributed by atoms with van der Waals surface area (Å²) in [5.74, 6) is 5.48. The quantitative estimate of drug-likeness (QED) is 0.652. The lowest BCUT2D eigenvalue weighted by Gasteiger charge is -2.17. The van der Waals surface area contributed by atoms with Crippen LogP contribution in [0.4, 0.5) is 13.2 Å². The van der Waals surface area contributed by atoms with E-state index in [2.05, 4.69) is 10.4 Å². The van der Waals surface area contributed by atoms with Crippen LogP contribution in [0, 0.1) is 6.92 Å². The van der Waals surface area contributed by atoms with E-state index in [-0.39, 0.29) is 12.5 Å². The molecular formula is C15H18F3N3. The van der Waals surface area contributed by atoms with Crippen molar-refractivity contribution in [3.8, 4) is 0 Å². The van der Waals surface area contributed by atoms with Crippen molar-refractivity contribution in [1.29, 1.82) is 0 Å². The molecule has 21 heavy (non-hydrogen) atoms. The molecule has 0 radical (unpaired) electrons. The normalized spacial score (nSPS) is 13.6. The summed E-state index contributed by atoms with van der Waals surface area (Å²) in [5, 5.41) is 1.03. The van der Waals surface area contributed by atoms with Crippen LogP contribution in [0.1, 0.15) is 36.6 Å². The minimum absolute atomic E-state index is 0.0198. The van der Waals surface area contributed by atoms with Crippen molar-refractivity contribution in [3.63, 3.8) is 0 Å². The van der Waals surface area contributed by atoms with Gasteiger partial charge >= 0.3 is 6.18 Å². The largest absolute Gasteiger partial charge is 0.389 e. The maximum absolute atomic E-state index is 12.2. The number of aryl methyl sites for hydroxylation is 1. The van der Waals surface area contributed by atoms with Crippen LogP contribution in [-0.2, 0) is 0 Å². The second-order valence-electron chi connectivity index (χ2n) is 5.11. The molecule has 3 N–H and O–H groups in total. The zero-order valence-electron chi connectivity index (χ0n) is 11.7. The Labute approximate surface area is 121 Å². The molecule has 2 aromatic rings. The van der Waals surface area contributed by atoms with Gasteiger partial charge in [0.25, 0.3) is 0 Å². The Kier molecular flexibility index (Phi) is 4.80. The van der Waals surface area contributed by atoms with Crippen molar-refractivity contribution >= 4 is 10.9 Å². The highest BCUT2D eigenvalue weighted by Crippen LogP contribution is 2.27. The number of para-hydroxylation sites is 1. The van der Waals surface area contributed by atoms with E-state index < -0.39 is 12.6 Å². The van der Waals surface area contributed by atoms with E-state index in [1.54, 1.807) is 0 Å². The summed E-state index contributed by atoms with van der Waals surface area (Å²) in [5.41, 5.74) is 5.10. The molecule has 0 fully saturated rings. The summed E-state index contributed by atoms with van der Waals surface area (Å²) < 4.78 is 36.7. The van der Waals surface area contributed by atoms with Crippen molar-refractivity contribution in [2.24, 2.45) is 5.84 Å². The summed E-state index contributed by atoms with van der Waals surface area (Å²) in [4.78, 5) is 4.50. The molecule has 1 unspecified atom stereocenters. The van der Waals surface area contributed by atoms with Crippen LogP contribution >= 0.6 is 0 Å². The second kappa shape index (κ2) is 6.41. The number of hydrogen-bond donors (Lipinski definition) is 2. The third kappa shape index (κ3) is 4.15. The van der Waals surface area contributed by atoms with Gasteiger partial charge in [-0.3, -0.25) is 16.3 Å². The number of hydrogen-bond acceptors (Lipinski definition) is 3. The number of nitrogens with two attached hydrogens (primary N) is 1. The lowest BCUT2D eigenvalue weighted by Crippen LogP contribution is -2.29. The lowest BCUT2D eigenvalue weighted by molar-refractivity contribution is -0.135. The van der Waals surface area contributed by atoms with Crippen LogP contribution in [0.25, 0.3) is 10.9 Å². The van der Waals surface area contributed by atoms with Gasteiger partial charge in [-0.2, -0.15) is 13.2 Å². The minimum Gasteiger partial charge on any atom is -0.271 e. The number of benzene rings is 1. The van der Waals surface area contributed by atoms with E-state index in [1.807, 2.05) is 37.3 Å². The fraction of sp³-hybridized carbons (Fsp3) is 0.400. The number of fused-ring (bicyclic) bond motifs is 1. The highest BCUT2D eigenvalue weighted by atomic mass is 19.4. The summed E-state index contributed by atoms with van der Waals surface area (Å²) in [6, 6.07) is 9.16. The highest BCUT2D eigenvalue weighted by Gasteiger charge is 2.27. The van der Waals surface area contributed by atoms with Crippen molar-refractivity contribution in [1.82, 2.24) is 10.4 Å². The molecule has 6 heteroatoms. The zero-order chi connectivity index (χ0) is 15.5. The molecule has 0 saturated carbocycles. The van der Waals surface area contributed by atoms with E-state index in [9.17, 15) is 13.2 Å². The van der Waals surface area contributed by atoms with Gasteiger partial charge in [-0.1, -0.05) is 18.2 Å². The molecule has 0 amide bonds. The molecule has 0 aliphatic carbocycles. The van der Waals surface area contributed by atoms with Gasteiger partial charge in [0.15, 0.2) is 0 Å². The average Bonchev–Trinajstić information content (AvgIpc) is 2.42. The molecule has 0 aliphatic rings. The maximum atomic E-state index is 12.2. The maximum Gasteiger partial charge on any atom is 0.389 e. The molecule has 0 saturated heterocycles. The SMILES string of the molecule is Cc1cc(C(CCCC(F)(F)F)NN)nc2ccccc12. The first-order chi connectivity index (χ1) is 9.90. The zero-order valence-corrected chi connectivity index (χ0v) is 11.7. The summed E-state index contributed by atoms with van der Waals surface area (Å²) in [6.07, 6.45) is -4.63. The van der Waals surface area contributed by atoms with E-state index in [4.69, 9.17) is 5.84 Å². The molecular weight excluding hydrogens is 279 g/mol. The first-order valence-electron chi connectivity index (χ1n) is 6.80. The Bertz CT molecular complexity index is 611. The van der Waals surface area contributed by atoms with Gasteiger partial charge in [0.05, 0.1) is 17.3 Å². The molecule has 1 aromatic carbocycles. The number of alkyl halides is 3. The first-order valence-corrected chi connectivity index (χ1v) is 6.80. The highest BCUT2D eigenvalue weighted by molar-refractivity contribution is 5.82. The van der Waals surface area contributed by atoms with E-state index in [1.165, 1.54) is 0 Å². The number of pyridine rings is 1. The number of rotatable bonds is 5. The number of aromatic nitrogens is 1. The van der Waals surface area contributed by atoms with Crippen LogP contribution < -0.4 is 11.3 Å². The lowest BCUT2D eigenvalue weighted by atomic mass is 10.0. The van der Waals surface area contributed by atoms with Crippen LogP contribution in [0.3, 0.4) is 0 Å². The fourth-order valence-electron chi connectivity index (χ4n) is 2.38. The standard InChI is InChI=1S/C15H18F3N3/c1-10-9-14(20-12-6-3-2-5-11(10)12)13(21-19)7-4-8-15(16,17)18/h2-3,5-6,9,13,21H,4,7-8,19H2,1H3. The molecule has 3 nitrogen and oxygen atoms in total. The molecule has 1 aromatic heterocycles. The van der Waals surface area contributed by atoms with Gasteiger partial charge in [-0.05, 0) is 37.5 Å². The van der Waals surface area contributed by atoms with Crippen molar-refractivity contribution < 1.29 is 13.2 Å². The van der Waals surface area contributed by atoms with Crippen molar-refractivity contribution in [3.05, 3.63) is 41.6 Å². The van der Waals surface area contributed by atoms with Gasteiger partial charge < -0.3 is 0 Å². The average molecular weight is 297 g/mol. The summed E-state index contributed by atoms with van der Waals surface area (Å²) >= 11 is 0. The first kappa shape index (κ1) is 15.7. The van der Waals surface area contributed by atoms with Gasteiger partial charge in [0, 0.05) is 11.8 Å². The number of nitrogens with one attached hydrogen (secondary N) is 1. The van der Waals surface area contributed by atoms with Crippen LogP contribution in [0.5, 0.6) is 0 Å². The number of halogens is 3. The molecule has 0 spiro atoms. The third-order valence-corrected chi connectivity index (χ3v) is 3.45. The van der Waals surface area contributed by atoms with Crippen LogP contribution in [-0.4, -0.2) is 11.2 Å². The molecule has 2 rings (SSSR count). The van der Waals surface area contributed by atoms with Gasteiger partial charge in [-0.25, -0.2) is 0 Å². The Morgan fingerprint density at radius 1 is 1.29 bits per heavy atom. The molecule has 1 atom stereocenters. The predicted molar refractivity (Wildman–Crippen MR) is 76.5 cm³/mol. The Morgan fingerprint density at radius 3 is 2.67 bits per heavy atom. The van der Waals surface area contributed by atoms with Crippen molar-refractivity contribution in [2.75, 3.05) is 0 Å². The van der Waals surface area contributed by atoms with Crippen LogP contribution in [0.15, 0.2) is 30.3 Å². The topological polar surface area (TPSA) is 50.9 Å². The van der Waals surface area contributed by atoms with Gasteiger partial charge in [-0.15, -0.1) is 0 Å². The van der Waals surface area contributed by atoms with Crippen molar-refractivity contribution in [2.45, 2.75) is 38.4 Å². The van der Waals surface area contributed by atoms with E-state index in [0.29, 0.717) is 12.1 Å². The Balaban J connectivity index is 2.18. The third-order valence-electron chi connectivity index (χ3n) is 3.45. The molecule has 0 bridgehead atoms. The van der Waals surface area contributed by atoms with Crippen LogP contribution in [0.2, 0.25) is 0 Å². The number of hydrazine groups is 1. The summed E-state index contributed by atoms with van der Waals surface area (Å²) in [7, 11) is 0. The molecule has 0 aliphatic heterocycles. The van der Waals surface area contributed by atoms with Gasteiger partial charge in [0.1, 0.15) is 0 Å². The fourth-order valence-corrected chi connectivity index (χ4v) is 2.38. The number of nitrogens with zero attached hydrogens (tertiary/aromatic N) is 1. The smallest absolute Gasteiger partial charge is 0.271 e. The monoisotopic (exact) mass is 297 g/mol. The second-order valence-corrected chi connectivity index (χ2v) is 5.11.